The van der Waals surface area contributed by atoms with Crippen LogP contribution >= 0.6 is 0 Å². The Morgan fingerprint density at radius 2 is 2.29 bits per heavy atom. The minimum absolute atomic E-state index is 0.197. The fourth-order valence-electron chi connectivity index (χ4n) is 1.43. The Labute approximate surface area is 103 Å². The number of rotatable bonds is 7. The summed E-state index contributed by atoms with van der Waals surface area (Å²) in [5.74, 6) is 0.396. The summed E-state index contributed by atoms with van der Waals surface area (Å²) in [7, 11) is -0.999. The molecule has 0 N–H and O–H groups in total. The Bertz CT molecular complexity index is 465. The molecule has 1 heterocycles. The van der Waals surface area contributed by atoms with Gasteiger partial charge in [-0.2, -0.15) is 5.10 Å². The fourth-order valence-corrected chi connectivity index (χ4v) is 2.30. The maximum absolute atomic E-state index is 11.4. The minimum Gasteiger partial charge on any atom is -0.300 e. The van der Waals surface area contributed by atoms with E-state index in [0.717, 1.165) is 5.69 Å². The molecule has 1 aromatic rings. The highest BCUT2D eigenvalue weighted by Gasteiger charge is 2.10. The molecule has 6 heteroatoms. The van der Waals surface area contributed by atoms with Crippen molar-refractivity contribution in [1.82, 2.24) is 14.7 Å². The van der Waals surface area contributed by atoms with E-state index in [1.807, 2.05) is 18.0 Å². The molecule has 1 rings (SSSR count). The zero-order valence-corrected chi connectivity index (χ0v) is 11.2. The van der Waals surface area contributed by atoms with Crippen molar-refractivity contribution >= 4 is 16.0 Å². The molecule has 0 bridgehead atoms. The number of nitrogens with zero attached hydrogens (tertiary/aromatic N) is 3. The van der Waals surface area contributed by atoms with Crippen LogP contribution in [-0.2, 0) is 16.4 Å². The maximum Gasteiger partial charge on any atom is 0.151 e. The summed E-state index contributed by atoms with van der Waals surface area (Å²) in [6, 6.07) is 1.90. The molecule has 0 saturated carbocycles. The van der Waals surface area contributed by atoms with Crippen LogP contribution in [0.25, 0.3) is 6.20 Å². The predicted octanol–water partition coefficient (Wildman–Crippen LogP) is 0.850. The van der Waals surface area contributed by atoms with E-state index >= 15 is 0 Å². The molecular weight excluding hydrogens is 238 g/mol. The Morgan fingerprint density at radius 3 is 2.88 bits per heavy atom. The van der Waals surface area contributed by atoms with E-state index in [4.69, 9.17) is 0 Å². The molecule has 0 aliphatic carbocycles. The number of aromatic nitrogens is 2. The van der Waals surface area contributed by atoms with E-state index in [-0.39, 0.29) is 11.5 Å². The van der Waals surface area contributed by atoms with Gasteiger partial charge in [-0.15, -0.1) is 0 Å². The lowest BCUT2D eigenvalue weighted by Crippen LogP contribution is -2.26. The lowest BCUT2D eigenvalue weighted by atomic mass is 10.4. The fraction of sp³-hybridized carbons (Fsp3) is 0.545. The van der Waals surface area contributed by atoms with Gasteiger partial charge in [0.1, 0.15) is 0 Å². The van der Waals surface area contributed by atoms with Crippen LogP contribution in [-0.4, -0.2) is 48.2 Å². The van der Waals surface area contributed by atoms with Gasteiger partial charge in [-0.3, -0.25) is 4.90 Å². The summed E-state index contributed by atoms with van der Waals surface area (Å²) in [5, 5.41) is 4.07. The van der Waals surface area contributed by atoms with E-state index in [2.05, 4.69) is 11.7 Å². The molecule has 96 valence electrons. The molecule has 0 aromatic carbocycles. The van der Waals surface area contributed by atoms with Gasteiger partial charge in [-0.05, 0) is 13.1 Å². The van der Waals surface area contributed by atoms with Gasteiger partial charge in [0, 0.05) is 31.2 Å². The molecular formula is C11H19N3O2S. The van der Waals surface area contributed by atoms with Crippen molar-refractivity contribution in [2.24, 2.45) is 0 Å². The van der Waals surface area contributed by atoms with Crippen molar-refractivity contribution in [3.05, 3.63) is 24.5 Å². The number of hydrogen-bond acceptors (Lipinski definition) is 4. The topological polar surface area (TPSA) is 55.2 Å². The SMILES string of the molecule is C=Cn1nccc1CN(C)CCS(=O)(=O)CC. The van der Waals surface area contributed by atoms with Crippen molar-refractivity contribution < 1.29 is 8.42 Å². The lowest BCUT2D eigenvalue weighted by Gasteiger charge is -2.16. The van der Waals surface area contributed by atoms with Crippen molar-refractivity contribution in [3.8, 4) is 0 Å². The van der Waals surface area contributed by atoms with Crippen LogP contribution in [0.15, 0.2) is 18.8 Å². The quantitative estimate of drug-likeness (QED) is 0.726. The molecule has 0 spiro atoms. The first-order valence-electron chi connectivity index (χ1n) is 5.52. The molecule has 0 saturated heterocycles. The smallest absolute Gasteiger partial charge is 0.151 e. The van der Waals surface area contributed by atoms with Gasteiger partial charge in [0.15, 0.2) is 9.84 Å². The zero-order valence-electron chi connectivity index (χ0n) is 10.3. The molecule has 0 aliphatic heterocycles. The molecule has 0 amide bonds. The average Bonchev–Trinajstić information content (AvgIpc) is 2.74. The van der Waals surface area contributed by atoms with Gasteiger partial charge < -0.3 is 0 Å². The monoisotopic (exact) mass is 257 g/mol. The van der Waals surface area contributed by atoms with Crippen LogP contribution in [0.2, 0.25) is 0 Å². The highest BCUT2D eigenvalue weighted by molar-refractivity contribution is 7.91. The van der Waals surface area contributed by atoms with Crippen LogP contribution in [0.5, 0.6) is 0 Å². The van der Waals surface area contributed by atoms with Gasteiger partial charge in [-0.25, -0.2) is 13.1 Å². The molecule has 1 aromatic heterocycles. The summed E-state index contributed by atoms with van der Waals surface area (Å²) < 4.78 is 24.4. The molecule has 0 fully saturated rings. The van der Waals surface area contributed by atoms with Gasteiger partial charge in [-0.1, -0.05) is 13.5 Å². The van der Waals surface area contributed by atoms with Crippen molar-refractivity contribution in [1.29, 1.82) is 0 Å². The summed E-state index contributed by atoms with van der Waals surface area (Å²) in [6.07, 6.45) is 3.33. The van der Waals surface area contributed by atoms with Crippen LogP contribution in [0.4, 0.5) is 0 Å². The summed E-state index contributed by atoms with van der Waals surface area (Å²) in [4.78, 5) is 1.96. The third kappa shape index (κ3) is 4.32. The first-order valence-corrected chi connectivity index (χ1v) is 7.34. The maximum atomic E-state index is 11.4. The average molecular weight is 257 g/mol. The summed E-state index contributed by atoms with van der Waals surface area (Å²) in [5.41, 5.74) is 0.997. The Kier molecular flexibility index (Phi) is 4.89. The Hall–Kier alpha value is -1.14. The molecule has 0 aliphatic rings. The van der Waals surface area contributed by atoms with Crippen molar-refractivity contribution in [3.63, 3.8) is 0 Å². The van der Waals surface area contributed by atoms with Crippen LogP contribution in [0.1, 0.15) is 12.6 Å². The van der Waals surface area contributed by atoms with E-state index in [0.29, 0.717) is 13.1 Å². The molecule has 0 radical (unpaired) electrons. The van der Waals surface area contributed by atoms with Crippen molar-refractivity contribution in [2.75, 3.05) is 25.1 Å². The molecule has 0 atom stereocenters. The minimum atomic E-state index is -2.89. The molecule has 0 unspecified atom stereocenters. The standard InChI is InChI=1S/C11H19N3O2S/c1-4-14-11(6-7-12-14)10-13(3)8-9-17(15,16)5-2/h4,6-7H,1,5,8-10H2,2-3H3. The first kappa shape index (κ1) is 13.9. The normalized spacial score (nSPS) is 11.9. The molecule has 17 heavy (non-hydrogen) atoms. The van der Waals surface area contributed by atoms with E-state index in [1.165, 1.54) is 0 Å². The predicted molar refractivity (Wildman–Crippen MR) is 69.3 cm³/mol. The van der Waals surface area contributed by atoms with Gasteiger partial charge in [0.25, 0.3) is 0 Å². The van der Waals surface area contributed by atoms with Gasteiger partial charge in [0.2, 0.25) is 0 Å². The second-order valence-corrected chi connectivity index (χ2v) is 6.40. The Morgan fingerprint density at radius 1 is 1.59 bits per heavy atom. The van der Waals surface area contributed by atoms with Crippen molar-refractivity contribution in [2.45, 2.75) is 13.5 Å². The van der Waals surface area contributed by atoms with Crippen LogP contribution in [0.3, 0.4) is 0 Å². The lowest BCUT2D eigenvalue weighted by molar-refractivity contribution is 0.339. The number of sulfone groups is 1. The highest BCUT2D eigenvalue weighted by atomic mass is 32.2. The number of hydrogen-bond donors (Lipinski definition) is 0. The third-order valence-electron chi connectivity index (χ3n) is 2.58. The largest absolute Gasteiger partial charge is 0.300 e. The van der Waals surface area contributed by atoms with Gasteiger partial charge in [0.05, 0.1) is 11.4 Å². The first-order chi connectivity index (χ1) is 7.98. The van der Waals surface area contributed by atoms with Gasteiger partial charge >= 0.3 is 0 Å². The van der Waals surface area contributed by atoms with Crippen LogP contribution < -0.4 is 0 Å². The highest BCUT2D eigenvalue weighted by Crippen LogP contribution is 2.03. The summed E-state index contributed by atoms with van der Waals surface area (Å²) in [6.45, 7) is 6.51. The second-order valence-electron chi connectivity index (χ2n) is 3.92. The second kappa shape index (κ2) is 5.97. The Balaban J connectivity index is 2.50. The zero-order chi connectivity index (χ0) is 12.9. The summed E-state index contributed by atoms with van der Waals surface area (Å²) >= 11 is 0. The molecule has 5 nitrogen and oxygen atoms in total. The van der Waals surface area contributed by atoms with Crippen LogP contribution in [0, 0.1) is 0 Å². The van der Waals surface area contributed by atoms with E-state index in [1.54, 1.807) is 24.0 Å². The van der Waals surface area contributed by atoms with E-state index < -0.39 is 9.84 Å². The van der Waals surface area contributed by atoms with E-state index in [9.17, 15) is 8.42 Å². The third-order valence-corrected chi connectivity index (χ3v) is 4.27.